The molecule has 0 spiro atoms. The molecule has 0 saturated carbocycles. The normalized spacial score (nSPS) is 10.8. The molecule has 0 aliphatic heterocycles. The van der Waals surface area contributed by atoms with Crippen molar-refractivity contribution in [1.29, 1.82) is 0 Å². The third-order valence-electron chi connectivity index (χ3n) is 4.67. The molecule has 3 aromatic heterocycles. The van der Waals surface area contributed by atoms with Gasteiger partial charge in [-0.15, -0.1) is 16.4 Å². The Labute approximate surface area is 173 Å². The van der Waals surface area contributed by atoms with E-state index < -0.39 is 0 Å². The van der Waals surface area contributed by atoms with Gasteiger partial charge in [0.2, 0.25) is 0 Å². The Morgan fingerprint density at radius 1 is 1.10 bits per heavy atom. The van der Waals surface area contributed by atoms with Crippen molar-refractivity contribution < 1.29 is 4.79 Å². The zero-order valence-electron chi connectivity index (χ0n) is 16.1. The fourth-order valence-corrected chi connectivity index (χ4v) is 3.80. The average molecular weight is 404 g/mol. The minimum atomic E-state index is -0.232. The van der Waals surface area contributed by atoms with Crippen LogP contribution in [-0.2, 0) is 12.8 Å². The van der Waals surface area contributed by atoms with Crippen molar-refractivity contribution >= 4 is 17.2 Å². The van der Waals surface area contributed by atoms with E-state index in [9.17, 15) is 4.79 Å². The van der Waals surface area contributed by atoms with Crippen molar-refractivity contribution in [3.8, 4) is 16.9 Å². The van der Waals surface area contributed by atoms with Crippen LogP contribution in [0, 0.1) is 0 Å². The second-order valence-electron chi connectivity index (χ2n) is 6.54. The van der Waals surface area contributed by atoms with E-state index in [1.807, 2.05) is 35.7 Å². The van der Waals surface area contributed by atoms with Gasteiger partial charge in [-0.25, -0.2) is 4.68 Å². The summed E-state index contributed by atoms with van der Waals surface area (Å²) in [6, 6.07) is 15.9. The molecule has 1 N–H and O–H groups in total. The monoisotopic (exact) mass is 403 g/mol. The van der Waals surface area contributed by atoms with Crippen LogP contribution in [0.5, 0.6) is 0 Å². The Morgan fingerprint density at radius 3 is 2.59 bits per heavy atom. The van der Waals surface area contributed by atoms with Gasteiger partial charge in [0, 0.05) is 29.4 Å². The van der Waals surface area contributed by atoms with Gasteiger partial charge in [-0.3, -0.25) is 9.78 Å². The van der Waals surface area contributed by atoms with E-state index in [1.165, 1.54) is 10.4 Å². The van der Waals surface area contributed by atoms with E-state index in [-0.39, 0.29) is 5.91 Å². The molecule has 0 unspecified atom stereocenters. The van der Waals surface area contributed by atoms with Gasteiger partial charge in [0.05, 0.1) is 5.69 Å². The Hall–Kier alpha value is -3.32. The lowest BCUT2D eigenvalue weighted by Crippen LogP contribution is -2.26. The molecule has 0 fully saturated rings. The standard InChI is InChI=1S/C22H21N5OS/c1-2-16-5-7-18(8-6-16)27-21(17-9-12-23-13-10-17)20(25-26-27)22(28)24-14-11-19-4-3-15-29-19/h3-10,12-13,15H,2,11,14H2,1H3,(H,24,28). The molecule has 0 atom stereocenters. The summed E-state index contributed by atoms with van der Waals surface area (Å²) in [5.74, 6) is -0.232. The molecule has 3 heterocycles. The van der Waals surface area contributed by atoms with E-state index in [4.69, 9.17) is 0 Å². The minimum absolute atomic E-state index is 0.232. The zero-order valence-corrected chi connectivity index (χ0v) is 16.9. The van der Waals surface area contributed by atoms with E-state index in [0.717, 1.165) is 24.1 Å². The van der Waals surface area contributed by atoms with Gasteiger partial charge in [-0.05, 0) is 54.1 Å². The molecule has 1 amide bonds. The molecule has 0 aliphatic rings. The van der Waals surface area contributed by atoms with Crippen LogP contribution in [0.15, 0.2) is 66.3 Å². The Balaban J connectivity index is 1.64. The molecule has 146 valence electrons. The number of benzene rings is 1. The second kappa shape index (κ2) is 8.79. The summed E-state index contributed by atoms with van der Waals surface area (Å²) in [6.07, 6.45) is 5.16. The van der Waals surface area contributed by atoms with Crippen LogP contribution in [0.4, 0.5) is 0 Å². The third-order valence-corrected chi connectivity index (χ3v) is 5.60. The number of pyridine rings is 1. The van der Waals surface area contributed by atoms with Gasteiger partial charge >= 0.3 is 0 Å². The van der Waals surface area contributed by atoms with Crippen molar-refractivity contribution in [2.75, 3.05) is 6.54 Å². The largest absolute Gasteiger partial charge is 0.350 e. The first-order chi connectivity index (χ1) is 14.3. The number of rotatable bonds is 7. The molecule has 4 rings (SSSR count). The van der Waals surface area contributed by atoms with Gasteiger partial charge in [0.1, 0.15) is 5.69 Å². The van der Waals surface area contributed by atoms with Gasteiger partial charge in [0.15, 0.2) is 5.69 Å². The Morgan fingerprint density at radius 2 is 1.90 bits per heavy atom. The van der Waals surface area contributed by atoms with Crippen molar-refractivity contribution in [3.63, 3.8) is 0 Å². The Kier molecular flexibility index (Phi) is 5.76. The van der Waals surface area contributed by atoms with Crippen LogP contribution in [0.2, 0.25) is 0 Å². The summed E-state index contributed by atoms with van der Waals surface area (Å²) < 4.78 is 1.71. The number of hydrogen-bond acceptors (Lipinski definition) is 5. The highest BCUT2D eigenvalue weighted by Crippen LogP contribution is 2.25. The smallest absolute Gasteiger partial charge is 0.274 e. The summed E-state index contributed by atoms with van der Waals surface area (Å²) in [7, 11) is 0. The van der Waals surface area contributed by atoms with E-state index >= 15 is 0 Å². The second-order valence-corrected chi connectivity index (χ2v) is 7.57. The number of aromatic nitrogens is 4. The molecule has 29 heavy (non-hydrogen) atoms. The molecule has 0 bridgehead atoms. The summed E-state index contributed by atoms with van der Waals surface area (Å²) in [4.78, 5) is 18.2. The highest BCUT2D eigenvalue weighted by molar-refractivity contribution is 7.09. The van der Waals surface area contributed by atoms with Crippen molar-refractivity contribution in [2.24, 2.45) is 0 Å². The number of hydrogen-bond donors (Lipinski definition) is 1. The van der Waals surface area contributed by atoms with E-state index in [2.05, 4.69) is 45.7 Å². The maximum atomic E-state index is 12.9. The first-order valence-electron chi connectivity index (χ1n) is 9.52. The van der Waals surface area contributed by atoms with E-state index in [1.54, 1.807) is 28.4 Å². The third kappa shape index (κ3) is 4.25. The predicted octanol–water partition coefficient (Wildman–Crippen LogP) is 3.93. The maximum Gasteiger partial charge on any atom is 0.274 e. The number of carbonyl (C=O) groups is 1. The van der Waals surface area contributed by atoms with E-state index in [0.29, 0.717) is 17.9 Å². The number of amides is 1. The van der Waals surface area contributed by atoms with Gasteiger partial charge < -0.3 is 5.32 Å². The van der Waals surface area contributed by atoms with Crippen LogP contribution in [0.3, 0.4) is 0 Å². The van der Waals surface area contributed by atoms with Crippen molar-refractivity contribution in [2.45, 2.75) is 19.8 Å². The van der Waals surface area contributed by atoms with Crippen molar-refractivity contribution in [3.05, 3.63) is 82.4 Å². The molecule has 1 aromatic carbocycles. The predicted molar refractivity (Wildman–Crippen MR) is 114 cm³/mol. The molecule has 0 saturated heterocycles. The van der Waals surface area contributed by atoms with Crippen LogP contribution < -0.4 is 5.32 Å². The number of thiophene rings is 1. The first kappa shape index (κ1) is 19.0. The molecule has 0 radical (unpaired) electrons. The summed E-state index contributed by atoms with van der Waals surface area (Å²) in [5, 5.41) is 13.5. The molecule has 4 aromatic rings. The number of aryl methyl sites for hydroxylation is 1. The number of nitrogens with zero attached hydrogens (tertiary/aromatic N) is 4. The lowest BCUT2D eigenvalue weighted by atomic mass is 10.1. The van der Waals surface area contributed by atoms with Crippen LogP contribution in [-0.4, -0.2) is 32.4 Å². The minimum Gasteiger partial charge on any atom is -0.350 e. The number of nitrogens with one attached hydrogen (secondary N) is 1. The maximum absolute atomic E-state index is 12.9. The molecule has 0 aliphatic carbocycles. The lowest BCUT2D eigenvalue weighted by Gasteiger charge is -2.09. The SMILES string of the molecule is CCc1ccc(-n2nnc(C(=O)NCCc3cccs3)c2-c2ccncc2)cc1. The van der Waals surface area contributed by atoms with Gasteiger partial charge in [0.25, 0.3) is 5.91 Å². The summed E-state index contributed by atoms with van der Waals surface area (Å²) in [5.41, 5.74) is 3.91. The molecular formula is C22H21N5OS. The highest BCUT2D eigenvalue weighted by Gasteiger charge is 2.22. The lowest BCUT2D eigenvalue weighted by molar-refractivity contribution is 0.0950. The fourth-order valence-electron chi connectivity index (χ4n) is 3.09. The quantitative estimate of drug-likeness (QED) is 0.508. The zero-order chi connectivity index (χ0) is 20.1. The average Bonchev–Trinajstić information content (AvgIpc) is 3.44. The van der Waals surface area contributed by atoms with Gasteiger partial charge in [-0.1, -0.05) is 30.3 Å². The van der Waals surface area contributed by atoms with Crippen LogP contribution >= 0.6 is 11.3 Å². The summed E-state index contributed by atoms with van der Waals surface area (Å²) >= 11 is 1.68. The molecular weight excluding hydrogens is 382 g/mol. The summed E-state index contributed by atoms with van der Waals surface area (Å²) in [6.45, 7) is 2.67. The topological polar surface area (TPSA) is 72.7 Å². The molecule has 6 nitrogen and oxygen atoms in total. The van der Waals surface area contributed by atoms with Crippen molar-refractivity contribution in [1.82, 2.24) is 25.3 Å². The highest BCUT2D eigenvalue weighted by atomic mass is 32.1. The number of carbonyl (C=O) groups excluding carboxylic acids is 1. The van der Waals surface area contributed by atoms with Crippen LogP contribution in [0.25, 0.3) is 16.9 Å². The van der Waals surface area contributed by atoms with Crippen LogP contribution in [0.1, 0.15) is 27.9 Å². The Bertz CT molecular complexity index is 1070. The fraction of sp³-hybridized carbons (Fsp3) is 0.182. The first-order valence-corrected chi connectivity index (χ1v) is 10.4. The van der Waals surface area contributed by atoms with Gasteiger partial charge in [-0.2, -0.15) is 0 Å². The molecule has 7 heteroatoms.